The minimum absolute atomic E-state index is 1.13. The molecule has 0 heterocycles. The van der Waals surface area contributed by atoms with Crippen molar-refractivity contribution in [3.8, 4) is 44.5 Å². The van der Waals surface area contributed by atoms with Crippen molar-refractivity contribution >= 4 is 66.4 Å². The van der Waals surface area contributed by atoms with Crippen LogP contribution in [0.15, 0.2) is 243 Å². The lowest BCUT2D eigenvalue weighted by Gasteiger charge is -2.34. The van der Waals surface area contributed by atoms with Gasteiger partial charge >= 0.3 is 0 Å². The van der Waals surface area contributed by atoms with Crippen LogP contribution in [0.25, 0.3) is 76.8 Å². The molecule has 0 aliphatic heterocycles. The van der Waals surface area contributed by atoms with Crippen LogP contribution in [0.4, 0.5) is 34.1 Å². The monoisotopic (exact) mass is 896 g/mol. The first-order chi connectivity index (χ1) is 34.4. The van der Waals surface area contributed by atoms with E-state index in [0.29, 0.717) is 0 Å². The molecule has 2 heteroatoms. The minimum Gasteiger partial charge on any atom is -0.309 e. The number of nitrogens with zero attached hydrogens (tertiary/aromatic N) is 2. The van der Waals surface area contributed by atoms with E-state index in [4.69, 9.17) is 0 Å². The molecule has 12 rings (SSSR count). The second kappa shape index (κ2) is 17.7. The van der Waals surface area contributed by atoms with Gasteiger partial charge < -0.3 is 9.80 Å². The molecule has 0 aromatic heterocycles. The van der Waals surface area contributed by atoms with Crippen molar-refractivity contribution < 1.29 is 0 Å². The zero-order valence-corrected chi connectivity index (χ0v) is 40.0. The molecule has 12 aromatic carbocycles. The van der Waals surface area contributed by atoms with Crippen molar-refractivity contribution in [3.63, 3.8) is 0 Å². The second-order valence-corrected chi connectivity index (χ2v) is 18.6. The average molecular weight is 897 g/mol. The molecule has 0 N–H and O–H groups in total. The van der Waals surface area contributed by atoms with Crippen LogP contribution < -0.4 is 9.80 Å². The van der Waals surface area contributed by atoms with Gasteiger partial charge in [0.05, 0.1) is 34.1 Å². The van der Waals surface area contributed by atoms with Gasteiger partial charge in [-0.15, -0.1) is 0 Å². The van der Waals surface area contributed by atoms with Gasteiger partial charge in [0.25, 0.3) is 0 Å². The van der Waals surface area contributed by atoms with Crippen LogP contribution in [0.2, 0.25) is 0 Å². The molecule has 0 fully saturated rings. The summed E-state index contributed by atoms with van der Waals surface area (Å²) in [5.41, 5.74) is 21.4. The molecule has 0 spiro atoms. The van der Waals surface area contributed by atoms with E-state index in [1.54, 1.807) is 0 Å². The van der Waals surface area contributed by atoms with Crippen LogP contribution in [-0.2, 0) is 0 Å². The predicted molar refractivity (Wildman–Crippen MR) is 300 cm³/mol. The smallest absolute Gasteiger partial charge is 0.0541 e. The Hall–Kier alpha value is -8.72. The van der Waals surface area contributed by atoms with Crippen molar-refractivity contribution in [2.75, 3.05) is 9.80 Å². The number of anilines is 6. The summed E-state index contributed by atoms with van der Waals surface area (Å²) in [7, 11) is 0. The van der Waals surface area contributed by atoms with Gasteiger partial charge in [-0.3, -0.25) is 0 Å². The Morgan fingerprint density at radius 1 is 0.243 bits per heavy atom. The van der Waals surface area contributed by atoms with Gasteiger partial charge in [-0.1, -0.05) is 218 Å². The van der Waals surface area contributed by atoms with Gasteiger partial charge in [0, 0.05) is 21.9 Å². The SMILES string of the molecule is Cc1ccc(-c2ccccc2)c(C)c1N(c1ccccc1-c1ccccc1)c1ccc2ccc3c(N(c4ccccc4-c4ccccc4)c4c(C)ccc(-c5ccccc5)c4C)ccc4ccc1c2c43. The quantitative estimate of drug-likeness (QED) is 0.126. The number of hydrogen-bond donors (Lipinski definition) is 0. The maximum Gasteiger partial charge on any atom is 0.0541 e. The van der Waals surface area contributed by atoms with Gasteiger partial charge in [-0.05, 0) is 129 Å². The maximum atomic E-state index is 2.55. The van der Waals surface area contributed by atoms with Gasteiger partial charge in [-0.2, -0.15) is 0 Å². The van der Waals surface area contributed by atoms with Crippen LogP contribution >= 0.6 is 0 Å². The molecule has 0 atom stereocenters. The average Bonchev–Trinajstić information content (AvgIpc) is 3.41. The Morgan fingerprint density at radius 2 is 0.557 bits per heavy atom. The van der Waals surface area contributed by atoms with E-state index < -0.39 is 0 Å². The number of para-hydroxylation sites is 2. The Bertz CT molecular complexity index is 3600. The highest BCUT2D eigenvalue weighted by Gasteiger charge is 2.28. The molecule has 0 saturated heterocycles. The molecular formula is C68H52N2. The molecule has 0 aliphatic carbocycles. The summed E-state index contributed by atoms with van der Waals surface area (Å²) in [5, 5.41) is 7.35. The van der Waals surface area contributed by atoms with E-state index in [2.05, 4.69) is 280 Å². The van der Waals surface area contributed by atoms with Crippen LogP contribution in [0, 0.1) is 27.7 Å². The Balaban J connectivity index is 1.15. The summed E-state index contributed by atoms with van der Waals surface area (Å²) in [6, 6.07) is 89.0. The summed E-state index contributed by atoms with van der Waals surface area (Å²) in [4.78, 5) is 5.10. The number of aryl methyl sites for hydroxylation is 2. The Kier molecular flexibility index (Phi) is 10.8. The van der Waals surface area contributed by atoms with Crippen molar-refractivity contribution in [3.05, 3.63) is 265 Å². The topological polar surface area (TPSA) is 6.48 Å². The summed E-state index contributed by atoms with van der Waals surface area (Å²) < 4.78 is 0. The first-order valence-electron chi connectivity index (χ1n) is 24.4. The van der Waals surface area contributed by atoms with E-state index in [-0.39, 0.29) is 0 Å². The number of benzene rings is 12. The first kappa shape index (κ1) is 42.6. The fourth-order valence-corrected chi connectivity index (χ4v) is 11.2. The molecule has 334 valence electrons. The molecule has 12 aromatic rings. The Morgan fingerprint density at radius 3 is 0.929 bits per heavy atom. The normalized spacial score (nSPS) is 11.4. The summed E-state index contributed by atoms with van der Waals surface area (Å²) in [5.74, 6) is 0. The lowest BCUT2D eigenvalue weighted by Crippen LogP contribution is -2.15. The first-order valence-corrected chi connectivity index (χ1v) is 24.4. The van der Waals surface area contributed by atoms with Crippen LogP contribution in [0.1, 0.15) is 22.3 Å². The van der Waals surface area contributed by atoms with E-state index in [1.807, 2.05) is 0 Å². The minimum atomic E-state index is 1.13. The molecule has 0 radical (unpaired) electrons. The lowest BCUT2D eigenvalue weighted by atomic mass is 9.90. The predicted octanol–water partition coefficient (Wildman–Crippen LogP) is 19.4. The highest BCUT2D eigenvalue weighted by Crippen LogP contribution is 2.52. The molecule has 0 amide bonds. The molecule has 2 nitrogen and oxygen atoms in total. The summed E-state index contributed by atoms with van der Waals surface area (Å²) in [6.07, 6.45) is 0. The van der Waals surface area contributed by atoms with E-state index in [9.17, 15) is 0 Å². The van der Waals surface area contributed by atoms with Gasteiger partial charge in [0.15, 0.2) is 0 Å². The third-order valence-corrected chi connectivity index (χ3v) is 14.4. The van der Waals surface area contributed by atoms with Crippen molar-refractivity contribution in [2.24, 2.45) is 0 Å². The van der Waals surface area contributed by atoms with Crippen molar-refractivity contribution in [1.29, 1.82) is 0 Å². The number of hydrogen-bond acceptors (Lipinski definition) is 2. The summed E-state index contributed by atoms with van der Waals surface area (Å²) in [6.45, 7) is 9.11. The van der Waals surface area contributed by atoms with E-state index in [1.165, 1.54) is 110 Å². The molecule has 0 aliphatic rings. The van der Waals surface area contributed by atoms with Crippen molar-refractivity contribution in [2.45, 2.75) is 27.7 Å². The van der Waals surface area contributed by atoms with Crippen LogP contribution in [-0.4, -0.2) is 0 Å². The zero-order valence-electron chi connectivity index (χ0n) is 40.0. The number of rotatable bonds is 10. The molecular weight excluding hydrogens is 845 g/mol. The fraction of sp³-hybridized carbons (Fsp3) is 0.0588. The highest BCUT2D eigenvalue weighted by atomic mass is 15.2. The summed E-state index contributed by atoms with van der Waals surface area (Å²) >= 11 is 0. The molecule has 70 heavy (non-hydrogen) atoms. The Labute approximate surface area is 411 Å². The maximum absolute atomic E-state index is 2.55. The standard InChI is InChI=1S/C68H52N2/c1-45-33-39-55(49-21-9-5-10-22-49)47(3)67(45)69(61-31-19-17-29-57(61)51-25-13-7-14-26-51)63-43-37-53-36-42-60-64(44-38-54-35-41-59(63)65(53)66(54)60)70(62-32-20-18-30-58(62)52-27-15-8-16-28-52)68-46(2)34-40-56(48(68)4)50-23-11-6-12-24-50/h5-44H,1-4H3. The zero-order chi connectivity index (χ0) is 47.3. The third-order valence-electron chi connectivity index (χ3n) is 14.4. The lowest BCUT2D eigenvalue weighted by molar-refractivity contribution is 1.23. The molecule has 0 unspecified atom stereocenters. The highest BCUT2D eigenvalue weighted by molar-refractivity contribution is 6.28. The molecule has 0 saturated carbocycles. The molecule has 0 bridgehead atoms. The largest absolute Gasteiger partial charge is 0.309 e. The van der Waals surface area contributed by atoms with Crippen LogP contribution in [0.3, 0.4) is 0 Å². The van der Waals surface area contributed by atoms with Gasteiger partial charge in [0.1, 0.15) is 0 Å². The van der Waals surface area contributed by atoms with E-state index in [0.717, 1.165) is 22.7 Å². The fourth-order valence-electron chi connectivity index (χ4n) is 11.2. The van der Waals surface area contributed by atoms with Crippen LogP contribution in [0.5, 0.6) is 0 Å². The van der Waals surface area contributed by atoms with E-state index >= 15 is 0 Å². The van der Waals surface area contributed by atoms with Gasteiger partial charge in [-0.25, -0.2) is 0 Å². The second-order valence-electron chi connectivity index (χ2n) is 18.6. The van der Waals surface area contributed by atoms with Crippen molar-refractivity contribution in [1.82, 2.24) is 0 Å². The third kappa shape index (κ3) is 7.20. The van der Waals surface area contributed by atoms with Gasteiger partial charge in [0.2, 0.25) is 0 Å².